The first kappa shape index (κ1) is 25.5. The number of Topliss-reactive ketones (excluding diaryl/α,β-unsaturated/α-hetero) is 1. The molecule has 2 aliphatic rings. The number of benzene rings is 2. The van der Waals surface area contributed by atoms with E-state index in [-0.39, 0.29) is 36.9 Å². The van der Waals surface area contributed by atoms with Gasteiger partial charge in [-0.2, -0.15) is 0 Å². The van der Waals surface area contributed by atoms with E-state index in [2.05, 4.69) is 15.4 Å². The van der Waals surface area contributed by atoms with Crippen LogP contribution < -0.4 is 15.4 Å². The minimum atomic E-state index is -4.85. The van der Waals surface area contributed by atoms with Crippen LogP contribution in [0, 0.1) is 0 Å². The molecule has 0 spiro atoms. The third kappa shape index (κ3) is 5.66. The SMILES string of the molecule is O=C1CCC(N2C(=O)c3ccc(CNC(=O)C(=O)Cc4ccc(OC(F)(F)F)cc4)cc3C2=O)C(=O)N1. The van der Waals surface area contributed by atoms with Gasteiger partial charge in [0.1, 0.15) is 11.8 Å². The fourth-order valence-electron chi connectivity index (χ4n) is 3.98. The molecule has 1 atom stereocenters. The van der Waals surface area contributed by atoms with Gasteiger partial charge in [0.15, 0.2) is 0 Å². The van der Waals surface area contributed by atoms with Gasteiger partial charge in [-0.1, -0.05) is 18.2 Å². The molecule has 2 aliphatic heterocycles. The number of carbonyl (C=O) groups is 6. The third-order valence-electron chi connectivity index (χ3n) is 5.73. The first-order valence-corrected chi connectivity index (χ1v) is 10.9. The smallest absolute Gasteiger partial charge is 0.406 e. The molecule has 37 heavy (non-hydrogen) atoms. The van der Waals surface area contributed by atoms with E-state index in [9.17, 15) is 41.9 Å². The predicted molar refractivity (Wildman–Crippen MR) is 117 cm³/mol. The Morgan fingerprint density at radius 2 is 1.62 bits per heavy atom. The molecule has 13 heteroatoms. The van der Waals surface area contributed by atoms with Gasteiger partial charge in [-0.15, -0.1) is 13.2 Å². The predicted octanol–water partition coefficient (Wildman–Crippen LogP) is 1.41. The van der Waals surface area contributed by atoms with E-state index in [1.165, 1.54) is 30.3 Å². The average Bonchev–Trinajstić information content (AvgIpc) is 3.07. The van der Waals surface area contributed by atoms with Crippen molar-refractivity contribution < 1.29 is 46.7 Å². The van der Waals surface area contributed by atoms with Crippen LogP contribution >= 0.6 is 0 Å². The number of ketones is 1. The Labute approximate surface area is 206 Å². The Bertz CT molecular complexity index is 1320. The highest BCUT2D eigenvalue weighted by atomic mass is 19.4. The van der Waals surface area contributed by atoms with Crippen molar-refractivity contribution in [3.05, 3.63) is 64.7 Å². The molecule has 2 aromatic rings. The molecule has 1 saturated heterocycles. The van der Waals surface area contributed by atoms with Gasteiger partial charge < -0.3 is 10.1 Å². The number of hydrogen-bond donors (Lipinski definition) is 2. The summed E-state index contributed by atoms with van der Waals surface area (Å²) < 4.78 is 40.5. The standard InChI is InChI=1S/C24H18F3N3O7/c25-24(26,27)37-14-4-1-12(2-5-14)10-18(31)21(34)28-11-13-3-6-15-16(9-13)23(36)30(22(15)35)17-7-8-19(32)29-20(17)33/h1-6,9,17H,7-8,10-11H2,(H,28,34)(H,29,32,33). The summed E-state index contributed by atoms with van der Waals surface area (Å²) in [6, 6.07) is 7.60. The number of piperidine rings is 1. The topological polar surface area (TPSA) is 139 Å². The summed E-state index contributed by atoms with van der Waals surface area (Å²) in [5, 5.41) is 4.49. The lowest BCUT2D eigenvalue weighted by molar-refractivity contribution is -0.274. The minimum absolute atomic E-state index is 0.0131. The van der Waals surface area contributed by atoms with Crippen molar-refractivity contribution in [2.24, 2.45) is 0 Å². The van der Waals surface area contributed by atoms with Crippen LogP contribution in [0.15, 0.2) is 42.5 Å². The molecule has 5 amide bonds. The molecule has 4 rings (SSSR count). The van der Waals surface area contributed by atoms with E-state index < -0.39 is 53.5 Å². The minimum Gasteiger partial charge on any atom is -0.406 e. The van der Waals surface area contributed by atoms with Gasteiger partial charge >= 0.3 is 6.36 Å². The number of imide groups is 2. The number of amides is 5. The maximum absolute atomic E-state index is 12.9. The first-order valence-electron chi connectivity index (χ1n) is 10.9. The number of hydrogen-bond acceptors (Lipinski definition) is 7. The van der Waals surface area contributed by atoms with Crippen molar-refractivity contribution in [3.8, 4) is 5.75 Å². The van der Waals surface area contributed by atoms with Crippen molar-refractivity contribution >= 4 is 35.3 Å². The van der Waals surface area contributed by atoms with Gasteiger partial charge in [0.2, 0.25) is 17.6 Å². The van der Waals surface area contributed by atoms with Crippen LogP contribution in [0.4, 0.5) is 13.2 Å². The van der Waals surface area contributed by atoms with Crippen molar-refractivity contribution in [2.45, 2.75) is 38.2 Å². The Morgan fingerprint density at radius 3 is 2.27 bits per heavy atom. The highest BCUT2D eigenvalue weighted by Gasteiger charge is 2.44. The number of fused-ring (bicyclic) bond motifs is 1. The van der Waals surface area contributed by atoms with Crippen molar-refractivity contribution in [3.63, 3.8) is 0 Å². The summed E-state index contributed by atoms with van der Waals surface area (Å²) in [6.45, 7) is -0.157. The van der Waals surface area contributed by atoms with Crippen LogP contribution in [-0.2, 0) is 32.1 Å². The maximum Gasteiger partial charge on any atom is 0.573 e. The van der Waals surface area contributed by atoms with Crippen molar-refractivity contribution in [1.29, 1.82) is 0 Å². The van der Waals surface area contributed by atoms with Crippen LogP contribution in [-0.4, -0.2) is 52.6 Å². The Balaban J connectivity index is 1.36. The Kier molecular flexibility index (Phi) is 6.79. The lowest BCUT2D eigenvalue weighted by Crippen LogP contribution is -2.54. The lowest BCUT2D eigenvalue weighted by atomic mass is 10.0. The van der Waals surface area contributed by atoms with Gasteiger partial charge in [-0.05, 0) is 41.8 Å². The number of carbonyl (C=O) groups excluding carboxylic acids is 6. The van der Waals surface area contributed by atoms with Gasteiger partial charge in [0.05, 0.1) is 11.1 Å². The molecule has 10 nitrogen and oxygen atoms in total. The molecular weight excluding hydrogens is 499 g/mol. The fraction of sp³-hybridized carbons (Fsp3) is 0.250. The molecule has 0 aliphatic carbocycles. The maximum atomic E-state index is 12.9. The van der Waals surface area contributed by atoms with Crippen LogP contribution in [0.2, 0.25) is 0 Å². The van der Waals surface area contributed by atoms with E-state index >= 15 is 0 Å². The van der Waals surface area contributed by atoms with E-state index in [1.54, 1.807) is 0 Å². The van der Waals surface area contributed by atoms with E-state index in [0.29, 0.717) is 11.1 Å². The zero-order valence-electron chi connectivity index (χ0n) is 18.9. The second-order valence-electron chi connectivity index (χ2n) is 8.30. The van der Waals surface area contributed by atoms with Crippen LogP contribution in [0.3, 0.4) is 0 Å². The highest BCUT2D eigenvalue weighted by Crippen LogP contribution is 2.28. The summed E-state index contributed by atoms with van der Waals surface area (Å²) >= 11 is 0. The Hall–Kier alpha value is -4.55. The van der Waals surface area contributed by atoms with Gasteiger partial charge in [-0.25, -0.2) is 0 Å². The summed E-state index contributed by atoms with van der Waals surface area (Å²) in [7, 11) is 0. The van der Waals surface area contributed by atoms with Crippen LogP contribution in [0.5, 0.6) is 5.75 Å². The second-order valence-corrected chi connectivity index (χ2v) is 8.30. The molecule has 2 aromatic carbocycles. The molecule has 0 radical (unpaired) electrons. The number of halogens is 3. The molecule has 0 bridgehead atoms. The van der Waals surface area contributed by atoms with Crippen molar-refractivity contribution in [2.75, 3.05) is 0 Å². The third-order valence-corrected chi connectivity index (χ3v) is 5.73. The van der Waals surface area contributed by atoms with Crippen LogP contribution in [0.25, 0.3) is 0 Å². The molecule has 2 N–H and O–H groups in total. The quantitative estimate of drug-likeness (QED) is 0.418. The zero-order valence-corrected chi connectivity index (χ0v) is 18.9. The fourth-order valence-corrected chi connectivity index (χ4v) is 3.98. The molecule has 0 aromatic heterocycles. The van der Waals surface area contributed by atoms with E-state index in [1.807, 2.05) is 0 Å². The number of rotatable bonds is 7. The van der Waals surface area contributed by atoms with E-state index in [0.717, 1.165) is 17.0 Å². The first-order chi connectivity index (χ1) is 17.4. The van der Waals surface area contributed by atoms with Crippen LogP contribution in [0.1, 0.15) is 44.7 Å². The van der Waals surface area contributed by atoms with Gasteiger partial charge in [-0.3, -0.25) is 39.0 Å². The zero-order chi connectivity index (χ0) is 26.9. The molecule has 0 saturated carbocycles. The summed E-state index contributed by atoms with van der Waals surface area (Å²) in [5.74, 6) is -4.88. The summed E-state index contributed by atoms with van der Waals surface area (Å²) in [5.41, 5.74) is 0.789. The van der Waals surface area contributed by atoms with Gasteiger partial charge in [0, 0.05) is 19.4 Å². The molecule has 192 valence electrons. The Morgan fingerprint density at radius 1 is 0.973 bits per heavy atom. The second kappa shape index (κ2) is 9.84. The molecule has 1 unspecified atom stereocenters. The lowest BCUT2D eigenvalue weighted by Gasteiger charge is -2.27. The molecule has 1 fully saturated rings. The monoisotopic (exact) mass is 517 g/mol. The van der Waals surface area contributed by atoms with Crippen molar-refractivity contribution in [1.82, 2.24) is 15.5 Å². The normalized spacial score (nSPS) is 17.4. The number of nitrogens with one attached hydrogen (secondary N) is 2. The summed E-state index contributed by atoms with van der Waals surface area (Å²) in [4.78, 5) is 74.3. The number of alkyl halides is 3. The number of nitrogens with zero attached hydrogens (tertiary/aromatic N) is 1. The highest BCUT2D eigenvalue weighted by molar-refractivity contribution is 6.36. The largest absolute Gasteiger partial charge is 0.573 e. The molecule has 2 heterocycles. The molecular formula is C24H18F3N3O7. The number of ether oxygens (including phenoxy) is 1. The van der Waals surface area contributed by atoms with Gasteiger partial charge in [0.25, 0.3) is 17.7 Å². The van der Waals surface area contributed by atoms with E-state index in [4.69, 9.17) is 0 Å². The average molecular weight is 517 g/mol. The summed E-state index contributed by atoms with van der Waals surface area (Å²) in [6.07, 6.45) is -5.22.